The van der Waals surface area contributed by atoms with E-state index in [4.69, 9.17) is 93.5 Å². The Labute approximate surface area is 407 Å². The normalized spacial score (nSPS) is 13.7. The van der Waals surface area contributed by atoms with Crippen LogP contribution in [0.1, 0.15) is 50.6 Å². The number of nitrogens with zero attached hydrogens (tertiary/aromatic N) is 5. The molecule has 3 heterocycles. The first kappa shape index (κ1) is 56.0. The number of terminal acetylenes is 1. The number of carboxylic acid groups (broad SMARTS) is 1. The number of rotatable bonds is 14. The molecule has 0 saturated heterocycles. The van der Waals surface area contributed by atoms with E-state index in [1.54, 1.807) is 27.5 Å². The van der Waals surface area contributed by atoms with Gasteiger partial charge < -0.3 is 34.0 Å². The predicted molar refractivity (Wildman–Crippen MR) is 257 cm³/mol. The van der Waals surface area contributed by atoms with Crippen molar-refractivity contribution < 1.29 is 48.1 Å². The third kappa shape index (κ3) is 16.2. The number of ether oxygens (including phenoxy) is 3. The van der Waals surface area contributed by atoms with Gasteiger partial charge in [-0.25, -0.2) is 4.79 Å². The molecule has 4 aromatic rings. The zero-order valence-electron chi connectivity index (χ0n) is 36.6. The fourth-order valence-corrected chi connectivity index (χ4v) is 7.82. The third-order valence-corrected chi connectivity index (χ3v) is 11.3. The Morgan fingerprint density at radius 2 is 1.71 bits per heavy atom. The molecule has 2 aliphatic heterocycles. The summed E-state index contributed by atoms with van der Waals surface area (Å²) in [4.78, 5) is 64.6. The molecule has 0 aliphatic carbocycles. The number of hydrogen-bond acceptors (Lipinski definition) is 10. The lowest BCUT2D eigenvalue weighted by Gasteiger charge is -2.35. The van der Waals surface area contributed by atoms with Crippen LogP contribution in [0.3, 0.4) is 0 Å². The average molecular weight is 1040 g/mol. The summed E-state index contributed by atoms with van der Waals surface area (Å²) >= 11 is 29.2. The van der Waals surface area contributed by atoms with Crippen molar-refractivity contribution in [3.8, 4) is 29.5 Å². The second kappa shape index (κ2) is 27.5. The van der Waals surface area contributed by atoms with Gasteiger partial charge >= 0.3 is 19.3 Å². The van der Waals surface area contributed by atoms with Crippen molar-refractivity contribution >= 4 is 94.8 Å². The Kier molecular flexibility index (Phi) is 23.3. The van der Waals surface area contributed by atoms with Crippen LogP contribution in [0.25, 0.3) is 5.69 Å². The van der Waals surface area contributed by atoms with Crippen molar-refractivity contribution in [2.24, 2.45) is 0 Å². The second-order valence-corrected chi connectivity index (χ2v) is 18.1. The molecule has 0 fully saturated rings. The quantitative estimate of drug-likeness (QED) is 0.0431. The van der Waals surface area contributed by atoms with E-state index in [1.807, 2.05) is 49.4 Å². The van der Waals surface area contributed by atoms with Crippen molar-refractivity contribution in [1.82, 2.24) is 19.7 Å². The predicted octanol–water partition coefficient (Wildman–Crippen LogP) is 7.08. The summed E-state index contributed by atoms with van der Waals surface area (Å²) in [7, 11) is -2.52. The molecule has 23 heteroatoms. The van der Waals surface area contributed by atoms with Crippen molar-refractivity contribution in [2.75, 3.05) is 55.6 Å². The molecular formula is C43H52Cl5N6O11P. The van der Waals surface area contributed by atoms with Gasteiger partial charge in [-0.1, -0.05) is 96.5 Å². The first-order valence-corrected chi connectivity index (χ1v) is 24.3. The highest BCUT2D eigenvalue weighted by Gasteiger charge is 2.32. The number of aliphatic carboxylic acids is 1. The monoisotopic (exact) mass is 1030 g/mol. The lowest BCUT2D eigenvalue weighted by molar-refractivity contribution is -0.135. The molecule has 0 radical (unpaired) electrons. The van der Waals surface area contributed by atoms with E-state index in [1.165, 1.54) is 10.7 Å². The smallest absolute Gasteiger partial charge is 0.350 e. The maximum absolute atomic E-state index is 12.5. The Morgan fingerprint density at radius 1 is 1.05 bits per heavy atom. The maximum Gasteiger partial charge on any atom is 0.350 e. The summed E-state index contributed by atoms with van der Waals surface area (Å²) in [6, 6.07) is 16.5. The number of carbonyl (C=O) groups excluding carboxylic acids is 2. The standard InChI is InChI=1S/C15H13Cl2N3O2.C14H20ClNO2.C11H11Cl2NO2.C3H8NO5P/c1-2-7-22-13-9-12(10(16)8-11(13)17)20-15(21)19-6-4-3-5-14(19)18-20;1-4-11-7-6-8-12(5-2)14(11)16(10-18-3)13(17)9-15;1-7-6-16-9-5-3-2-4-8(9)14(7)11(15)10(12)13;5-3(6)1-4-2-10(7,8)9/h1,8-9H,3-7H2;6-8H,4-5,9-10H2,1-3H3;2-5,7,10H,6H2,1H3;4H,1-2H2,(H,5,6)(H2,7,8,9). The zero-order valence-corrected chi connectivity index (χ0v) is 41.3. The summed E-state index contributed by atoms with van der Waals surface area (Å²) in [6.45, 7) is 7.05. The Bertz CT molecular complexity index is 2400. The van der Waals surface area contributed by atoms with E-state index in [2.05, 4.69) is 30.2 Å². The minimum Gasteiger partial charge on any atom is -0.489 e. The minimum absolute atomic E-state index is 0.0371. The molecular weight excluding hydrogens is 985 g/mol. The van der Waals surface area contributed by atoms with Gasteiger partial charge in [0.25, 0.3) is 5.91 Å². The zero-order chi connectivity index (χ0) is 49.1. The molecule has 66 heavy (non-hydrogen) atoms. The Morgan fingerprint density at radius 3 is 2.27 bits per heavy atom. The number of methoxy groups -OCH3 is 1. The van der Waals surface area contributed by atoms with Crippen LogP contribution in [0.5, 0.6) is 11.5 Å². The summed E-state index contributed by atoms with van der Waals surface area (Å²) < 4.78 is 29.0. The van der Waals surface area contributed by atoms with E-state index in [9.17, 15) is 23.7 Å². The van der Waals surface area contributed by atoms with Crippen molar-refractivity contribution in [2.45, 2.75) is 70.3 Å². The molecule has 17 nitrogen and oxygen atoms in total. The highest BCUT2D eigenvalue weighted by molar-refractivity contribution is 7.51. The fourth-order valence-electron chi connectivity index (χ4n) is 6.54. The van der Waals surface area contributed by atoms with Crippen molar-refractivity contribution in [3.05, 3.63) is 92.1 Å². The van der Waals surface area contributed by atoms with Crippen LogP contribution >= 0.6 is 65.6 Å². The first-order chi connectivity index (χ1) is 31.3. The van der Waals surface area contributed by atoms with Crippen LogP contribution in [0.4, 0.5) is 11.4 Å². The molecule has 2 amide bonds. The summed E-state index contributed by atoms with van der Waals surface area (Å²) in [5, 5.41) is 15.1. The third-order valence-electron chi connectivity index (χ3n) is 9.48. The van der Waals surface area contributed by atoms with Gasteiger partial charge in [0.2, 0.25) is 5.91 Å². The molecule has 4 N–H and O–H groups in total. The van der Waals surface area contributed by atoms with Gasteiger partial charge in [-0.05, 0) is 61.9 Å². The molecule has 2 aliphatic rings. The molecule has 0 bridgehead atoms. The molecule has 0 spiro atoms. The van der Waals surface area contributed by atoms with Crippen LogP contribution in [0, 0.1) is 12.3 Å². The largest absolute Gasteiger partial charge is 0.489 e. The summed E-state index contributed by atoms with van der Waals surface area (Å²) in [5.74, 6) is 2.57. The number of amides is 2. The number of fused-ring (bicyclic) bond motifs is 2. The number of benzene rings is 3. The van der Waals surface area contributed by atoms with Crippen molar-refractivity contribution in [3.63, 3.8) is 0 Å². The average Bonchev–Trinajstić information content (AvgIpc) is 3.62. The van der Waals surface area contributed by atoms with Gasteiger partial charge in [-0.15, -0.1) is 23.1 Å². The highest BCUT2D eigenvalue weighted by Crippen LogP contribution is 2.35. The topological polar surface area (TPSA) is 215 Å². The van der Waals surface area contributed by atoms with Gasteiger partial charge in [-0.3, -0.25) is 33.7 Å². The van der Waals surface area contributed by atoms with Crippen LogP contribution in [-0.2, 0) is 49.5 Å². The number of aryl methyl sites for hydroxylation is 3. The van der Waals surface area contributed by atoms with Gasteiger partial charge in [-0.2, -0.15) is 4.68 Å². The summed E-state index contributed by atoms with van der Waals surface area (Å²) in [6.07, 6.45) is 9.12. The number of carbonyl (C=O) groups is 3. The van der Waals surface area contributed by atoms with Gasteiger partial charge in [0.1, 0.15) is 43.1 Å². The van der Waals surface area contributed by atoms with Crippen molar-refractivity contribution in [1.29, 1.82) is 0 Å². The number of nitrogens with one attached hydrogen (secondary N) is 1. The molecule has 360 valence electrons. The fraction of sp³-hybridized carbons (Fsp3) is 0.419. The van der Waals surface area contributed by atoms with E-state index in [0.29, 0.717) is 40.4 Å². The second-order valence-electron chi connectivity index (χ2n) is 14.2. The van der Waals surface area contributed by atoms with Gasteiger partial charge in [0.05, 0.1) is 46.0 Å². The molecule has 3 aromatic carbocycles. The van der Waals surface area contributed by atoms with E-state index < -0.39 is 31.2 Å². The number of aromatic nitrogens is 3. The molecule has 6 rings (SSSR count). The number of alkyl halides is 3. The molecule has 1 aromatic heterocycles. The number of carboxylic acids is 1. The van der Waals surface area contributed by atoms with Crippen LogP contribution in [0.2, 0.25) is 10.0 Å². The van der Waals surface area contributed by atoms with Crippen LogP contribution in [-0.4, -0.2) is 104 Å². The molecule has 0 saturated carbocycles. The van der Waals surface area contributed by atoms with Gasteiger partial charge in [0.15, 0.2) is 4.84 Å². The van der Waals surface area contributed by atoms with E-state index >= 15 is 0 Å². The minimum atomic E-state index is -4.10. The number of para-hydroxylation sites is 3. The Balaban J connectivity index is 0.000000242. The SMILES string of the molecule is C#CCOc1cc(-n2nc3n(c2=O)CCCC3)c(Cl)cc1Cl.CC1COc2ccccc2N1C(=O)C(Cl)Cl.CCc1cccc(CC)c1N(COC)C(=O)CCl.O=C(O)CNCP(=O)(O)O. The number of anilines is 2. The first-order valence-electron chi connectivity index (χ1n) is 20.3. The van der Waals surface area contributed by atoms with E-state index in [-0.39, 0.29) is 42.8 Å². The Hall–Kier alpha value is -4.31. The number of hydrogen-bond donors (Lipinski definition) is 4. The number of halogens is 5. The van der Waals surface area contributed by atoms with Gasteiger partial charge in [0, 0.05) is 26.1 Å². The summed E-state index contributed by atoms with van der Waals surface area (Å²) in [5.41, 5.74) is 4.19. The lowest BCUT2D eigenvalue weighted by atomic mass is 10.0. The van der Waals surface area contributed by atoms with E-state index in [0.717, 1.165) is 60.4 Å². The molecule has 1 unspecified atom stereocenters. The highest BCUT2D eigenvalue weighted by atomic mass is 35.5. The lowest BCUT2D eigenvalue weighted by Crippen LogP contribution is -2.47. The van der Waals surface area contributed by atoms with Crippen LogP contribution in [0.15, 0.2) is 59.4 Å². The maximum atomic E-state index is 12.5. The van der Waals surface area contributed by atoms with Crippen LogP contribution < -0.4 is 30.3 Å². The molecule has 1 atom stereocenters.